The van der Waals surface area contributed by atoms with Crippen LogP contribution in [0.25, 0.3) is 10.8 Å². The highest BCUT2D eigenvalue weighted by atomic mass is 16.6. The molecule has 0 aliphatic heterocycles. The van der Waals surface area contributed by atoms with E-state index in [-0.39, 0.29) is 17.8 Å². The van der Waals surface area contributed by atoms with Crippen molar-refractivity contribution in [3.05, 3.63) is 76.2 Å². The van der Waals surface area contributed by atoms with Crippen molar-refractivity contribution in [2.24, 2.45) is 0 Å². The van der Waals surface area contributed by atoms with Crippen molar-refractivity contribution in [1.82, 2.24) is 15.1 Å². The maximum atomic E-state index is 12.8. The average Bonchev–Trinajstić information content (AvgIpc) is 2.76. The van der Waals surface area contributed by atoms with Gasteiger partial charge in [-0.15, -0.1) is 0 Å². The van der Waals surface area contributed by atoms with Crippen molar-refractivity contribution in [3.8, 4) is 0 Å². The van der Waals surface area contributed by atoms with Crippen LogP contribution in [0.4, 0.5) is 4.79 Å². The molecule has 3 aromatic rings. The monoisotopic (exact) mass is 409 g/mol. The Kier molecular flexibility index (Phi) is 6.21. The van der Waals surface area contributed by atoms with Crippen LogP contribution in [0.1, 0.15) is 23.0 Å². The van der Waals surface area contributed by atoms with E-state index in [0.29, 0.717) is 10.8 Å². The van der Waals surface area contributed by atoms with Gasteiger partial charge in [0.15, 0.2) is 11.8 Å². The number of alkyl carbamates (subject to hydrolysis) is 1. The quantitative estimate of drug-likeness (QED) is 0.640. The number of hydrogen-bond acceptors (Lipinski definition) is 7. The third-order valence-corrected chi connectivity index (χ3v) is 4.30. The van der Waals surface area contributed by atoms with Gasteiger partial charge in [-0.25, -0.2) is 14.3 Å². The standard InChI is InChI=1S/C21H19N3O6/c1-13(18(25)22-21(28)29-2)30-20(27)17-15-10-6-7-11-16(15)19(26)24(23-17)12-14-8-4-3-5-9-14/h3-11,13H,12H2,1-2H3,(H,22,25,28)/t13-/m1/s1. The van der Waals surface area contributed by atoms with E-state index in [9.17, 15) is 19.2 Å². The number of nitrogens with zero attached hydrogens (tertiary/aromatic N) is 2. The summed E-state index contributed by atoms with van der Waals surface area (Å²) in [5.74, 6) is -1.75. The van der Waals surface area contributed by atoms with Crippen LogP contribution in [0.15, 0.2) is 59.4 Å². The number of nitrogens with one attached hydrogen (secondary N) is 1. The van der Waals surface area contributed by atoms with Gasteiger partial charge in [0.25, 0.3) is 11.5 Å². The summed E-state index contributed by atoms with van der Waals surface area (Å²) in [7, 11) is 1.10. The van der Waals surface area contributed by atoms with Crippen LogP contribution in [0.3, 0.4) is 0 Å². The molecule has 9 nitrogen and oxygen atoms in total. The number of methoxy groups -OCH3 is 1. The highest BCUT2D eigenvalue weighted by molar-refractivity contribution is 6.03. The van der Waals surface area contributed by atoms with Crippen LogP contribution in [0.5, 0.6) is 0 Å². The minimum absolute atomic E-state index is 0.112. The molecule has 0 saturated carbocycles. The van der Waals surface area contributed by atoms with Crippen LogP contribution in [-0.2, 0) is 20.8 Å². The molecule has 30 heavy (non-hydrogen) atoms. The smallest absolute Gasteiger partial charge is 0.413 e. The zero-order valence-corrected chi connectivity index (χ0v) is 16.3. The van der Waals surface area contributed by atoms with Crippen LogP contribution in [0, 0.1) is 0 Å². The number of benzene rings is 2. The summed E-state index contributed by atoms with van der Waals surface area (Å²) in [6.07, 6.45) is -2.26. The lowest BCUT2D eigenvalue weighted by Gasteiger charge is -2.14. The van der Waals surface area contributed by atoms with Gasteiger partial charge in [0, 0.05) is 5.39 Å². The fourth-order valence-corrected chi connectivity index (χ4v) is 2.77. The summed E-state index contributed by atoms with van der Waals surface area (Å²) < 4.78 is 10.7. The predicted molar refractivity (Wildman–Crippen MR) is 107 cm³/mol. The minimum Gasteiger partial charge on any atom is -0.453 e. The fourth-order valence-electron chi connectivity index (χ4n) is 2.77. The molecule has 1 heterocycles. The number of aromatic nitrogens is 2. The Balaban J connectivity index is 1.95. The predicted octanol–water partition coefficient (Wildman–Crippen LogP) is 1.87. The van der Waals surface area contributed by atoms with Gasteiger partial charge in [-0.05, 0) is 18.6 Å². The van der Waals surface area contributed by atoms with Crippen LogP contribution in [0.2, 0.25) is 0 Å². The Labute approximate surface area is 171 Å². The highest BCUT2D eigenvalue weighted by Gasteiger charge is 2.24. The maximum Gasteiger partial charge on any atom is 0.413 e. The SMILES string of the molecule is COC(=O)NC(=O)[C@@H](C)OC(=O)c1nn(Cc2ccccc2)c(=O)c2ccccc12. The van der Waals surface area contributed by atoms with Crippen molar-refractivity contribution in [3.63, 3.8) is 0 Å². The molecule has 2 amide bonds. The summed E-state index contributed by atoms with van der Waals surface area (Å²) in [6, 6.07) is 15.7. The van der Waals surface area contributed by atoms with E-state index in [4.69, 9.17) is 4.74 Å². The molecule has 1 atom stereocenters. The zero-order valence-electron chi connectivity index (χ0n) is 16.3. The molecule has 3 rings (SSSR count). The number of rotatable bonds is 5. The van der Waals surface area contributed by atoms with Crippen molar-refractivity contribution >= 4 is 28.7 Å². The maximum absolute atomic E-state index is 12.8. The summed E-state index contributed by atoms with van der Waals surface area (Å²) >= 11 is 0. The minimum atomic E-state index is -1.29. The van der Waals surface area contributed by atoms with Gasteiger partial charge in [0.2, 0.25) is 0 Å². The van der Waals surface area contributed by atoms with Gasteiger partial charge < -0.3 is 9.47 Å². The van der Waals surface area contributed by atoms with Crippen molar-refractivity contribution in [1.29, 1.82) is 0 Å². The molecule has 0 spiro atoms. The van der Waals surface area contributed by atoms with Crippen molar-refractivity contribution < 1.29 is 23.9 Å². The molecule has 0 bridgehead atoms. The second-order valence-corrected chi connectivity index (χ2v) is 6.37. The molecular weight excluding hydrogens is 390 g/mol. The number of esters is 1. The lowest BCUT2D eigenvalue weighted by atomic mass is 10.1. The van der Waals surface area contributed by atoms with Crippen molar-refractivity contribution in [2.75, 3.05) is 7.11 Å². The molecule has 2 aromatic carbocycles. The Hall–Kier alpha value is -4.01. The molecule has 0 fully saturated rings. The van der Waals surface area contributed by atoms with Crippen LogP contribution >= 0.6 is 0 Å². The van der Waals surface area contributed by atoms with Crippen LogP contribution in [-0.4, -0.2) is 41.0 Å². The molecule has 1 N–H and O–H groups in total. The zero-order chi connectivity index (χ0) is 21.7. The molecule has 1 aromatic heterocycles. The van der Waals surface area contributed by atoms with Gasteiger partial charge in [-0.1, -0.05) is 48.5 Å². The largest absolute Gasteiger partial charge is 0.453 e. The van der Waals surface area contributed by atoms with Crippen LogP contribution < -0.4 is 10.9 Å². The summed E-state index contributed by atoms with van der Waals surface area (Å²) in [5.41, 5.74) is 0.355. The number of carbonyl (C=O) groups is 3. The number of ether oxygens (including phenoxy) is 2. The van der Waals surface area contributed by atoms with Crippen molar-refractivity contribution in [2.45, 2.75) is 19.6 Å². The van der Waals surface area contributed by atoms with E-state index in [1.54, 1.807) is 24.3 Å². The van der Waals surface area contributed by atoms with E-state index in [0.717, 1.165) is 12.7 Å². The van der Waals surface area contributed by atoms with Gasteiger partial charge in [-0.3, -0.25) is 14.9 Å². The summed E-state index contributed by atoms with van der Waals surface area (Å²) in [4.78, 5) is 48.7. The Bertz CT molecular complexity index is 1160. The first-order valence-electron chi connectivity index (χ1n) is 9.04. The normalized spacial score (nSPS) is 11.5. The van der Waals surface area contributed by atoms with Gasteiger partial charge in [0.05, 0.1) is 19.0 Å². The molecule has 0 saturated heterocycles. The summed E-state index contributed by atoms with van der Waals surface area (Å²) in [5, 5.41) is 6.71. The molecule has 0 aliphatic carbocycles. The van der Waals surface area contributed by atoms with Gasteiger partial charge >= 0.3 is 12.1 Å². The Morgan fingerprint density at radius 1 is 1.03 bits per heavy atom. The average molecular weight is 409 g/mol. The number of imide groups is 1. The first-order valence-corrected chi connectivity index (χ1v) is 9.04. The second-order valence-electron chi connectivity index (χ2n) is 6.37. The lowest BCUT2D eigenvalue weighted by molar-refractivity contribution is -0.128. The summed E-state index contributed by atoms with van der Waals surface area (Å²) in [6.45, 7) is 1.46. The van der Waals surface area contributed by atoms with E-state index in [1.165, 1.54) is 11.6 Å². The fraction of sp³-hybridized carbons (Fsp3) is 0.190. The molecule has 154 valence electrons. The molecule has 0 radical (unpaired) electrons. The first kappa shape index (κ1) is 20.7. The lowest BCUT2D eigenvalue weighted by Crippen LogP contribution is -2.39. The van der Waals surface area contributed by atoms with Gasteiger partial charge in [0.1, 0.15) is 0 Å². The third-order valence-electron chi connectivity index (χ3n) is 4.30. The first-order chi connectivity index (χ1) is 14.4. The molecule has 9 heteroatoms. The third kappa shape index (κ3) is 4.52. The Morgan fingerprint density at radius 3 is 2.33 bits per heavy atom. The molecule has 0 aliphatic rings. The number of fused-ring (bicyclic) bond motifs is 1. The van der Waals surface area contributed by atoms with E-state index in [1.807, 2.05) is 35.6 Å². The Morgan fingerprint density at radius 2 is 1.67 bits per heavy atom. The number of amides is 2. The number of carbonyl (C=O) groups excluding carboxylic acids is 3. The van der Waals surface area contributed by atoms with E-state index in [2.05, 4.69) is 9.84 Å². The number of hydrogen-bond donors (Lipinski definition) is 1. The second kappa shape index (κ2) is 8.99. The van der Waals surface area contributed by atoms with Gasteiger partial charge in [-0.2, -0.15) is 5.10 Å². The van der Waals surface area contributed by atoms with E-state index >= 15 is 0 Å². The topological polar surface area (TPSA) is 117 Å². The highest BCUT2D eigenvalue weighted by Crippen LogP contribution is 2.15. The molecule has 0 unspecified atom stereocenters. The van der Waals surface area contributed by atoms with E-state index < -0.39 is 24.1 Å². The molecular formula is C21H19N3O6.